The molecular formula is C24H34Cl2N4O2. The summed E-state index contributed by atoms with van der Waals surface area (Å²) < 4.78 is 5.31. The second kappa shape index (κ2) is 10.4. The van der Waals surface area contributed by atoms with E-state index in [1.807, 2.05) is 12.1 Å². The highest BCUT2D eigenvalue weighted by molar-refractivity contribution is 5.85. The van der Waals surface area contributed by atoms with Gasteiger partial charge in [0.25, 0.3) is 0 Å². The van der Waals surface area contributed by atoms with Crippen molar-refractivity contribution in [1.29, 1.82) is 0 Å². The van der Waals surface area contributed by atoms with E-state index in [9.17, 15) is 4.79 Å². The quantitative estimate of drug-likeness (QED) is 0.705. The predicted octanol–water partition coefficient (Wildman–Crippen LogP) is 3.83. The molecule has 0 saturated carbocycles. The van der Waals surface area contributed by atoms with Crippen LogP contribution in [0.2, 0.25) is 0 Å². The van der Waals surface area contributed by atoms with E-state index in [0.717, 1.165) is 50.3 Å². The number of methoxy groups -OCH3 is 1. The Labute approximate surface area is 202 Å². The highest BCUT2D eigenvalue weighted by Crippen LogP contribution is 2.44. The van der Waals surface area contributed by atoms with Crippen LogP contribution in [0.1, 0.15) is 47.8 Å². The number of halogens is 2. The summed E-state index contributed by atoms with van der Waals surface area (Å²) in [7, 11) is 3.91. The van der Waals surface area contributed by atoms with Gasteiger partial charge in [-0.1, -0.05) is 12.1 Å². The van der Waals surface area contributed by atoms with Gasteiger partial charge in [0.15, 0.2) is 0 Å². The number of hydrogen-bond donors (Lipinski definition) is 1. The Morgan fingerprint density at radius 1 is 1.12 bits per heavy atom. The van der Waals surface area contributed by atoms with Crippen molar-refractivity contribution in [3.05, 3.63) is 46.8 Å². The molecule has 2 fully saturated rings. The van der Waals surface area contributed by atoms with Crippen LogP contribution >= 0.6 is 24.8 Å². The van der Waals surface area contributed by atoms with Crippen LogP contribution in [0.15, 0.2) is 24.3 Å². The number of likely N-dealkylation sites (tertiary alicyclic amines) is 2. The minimum absolute atomic E-state index is 0. The van der Waals surface area contributed by atoms with E-state index in [4.69, 9.17) is 4.74 Å². The molecule has 32 heavy (non-hydrogen) atoms. The molecule has 0 unspecified atom stereocenters. The second-order valence-electron chi connectivity index (χ2n) is 9.21. The number of H-pyrrole nitrogens is 1. The van der Waals surface area contributed by atoms with Crippen LogP contribution in [0.3, 0.4) is 0 Å². The van der Waals surface area contributed by atoms with E-state index in [-0.39, 0.29) is 30.7 Å². The number of nitrogens with zero attached hydrogens (tertiary/aromatic N) is 3. The number of carbonyl (C=O) groups excluding carboxylic acids is 1. The zero-order valence-corrected chi connectivity index (χ0v) is 20.5. The first-order valence-electron chi connectivity index (χ1n) is 11.3. The molecule has 2 aromatic rings. The average Bonchev–Trinajstić information content (AvgIpc) is 3.44. The normalized spacial score (nSPS) is 24.3. The van der Waals surface area contributed by atoms with Crippen molar-refractivity contribution in [2.75, 3.05) is 33.8 Å². The molecule has 3 aliphatic rings. The maximum Gasteiger partial charge on any atom is 0.222 e. The van der Waals surface area contributed by atoms with Crippen molar-refractivity contribution >= 4 is 30.7 Å². The molecule has 1 aliphatic carbocycles. The fourth-order valence-electron chi connectivity index (χ4n) is 5.90. The molecule has 6 nitrogen and oxygen atoms in total. The number of carbonyl (C=O) groups is 1. The standard InChI is InChI=1S/C24H32N4O2.2ClH/c1-27-13-17-14-28(15-20(17)24(27)16-7-9-18(30-2)10-8-16)23(29)12-11-22-19-5-3-4-6-21(19)25-26-22;;/h7-10,17,20,24H,3-6,11-15H2,1-2H3,(H,25,26);2*1H/t17-,20+,24-;;/m0../s1. The lowest BCUT2D eigenvalue weighted by Crippen LogP contribution is -2.33. The Morgan fingerprint density at radius 3 is 2.62 bits per heavy atom. The van der Waals surface area contributed by atoms with E-state index in [2.05, 4.69) is 39.2 Å². The lowest BCUT2D eigenvalue weighted by molar-refractivity contribution is -0.130. The number of aryl methyl sites for hydroxylation is 2. The highest BCUT2D eigenvalue weighted by Gasteiger charge is 2.47. The van der Waals surface area contributed by atoms with Gasteiger partial charge in [-0.3, -0.25) is 14.8 Å². The molecule has 8 heteroatoms. The van der Waals surface area contributed by atoms with Crippen molar-refractivity contribution in [1.82, 2.24) is 20.0 Å². The van der Waals surface area contributed by atoms with Crippen molar-refractivity contribution < 1.29 is 9.53 Å². The van der Waals surface area contributed by atoms with Gasteiger partial charge in [0, 0.05) is 50.1 Å². The largest absolute Gasteiger partial charge is 0.497 e. The smallest absolute Gasteiger partial charge is 0.222 e. The molecule has 1 N–H and O–H groups in total. The predicted molar refractivity (Wildman–Crippen MR) is 130 cm³/mol. The van der Waals surface area contributed by atoms with Crippen molar-refractivity contribution in [2.45, 2.75) is 44.6 Å². The molecule has 1 amide bonds. The summed E-state index contributed by atoms with van der Waals surface area (Å²) >= 11 is 0. The molecule has 0 radical (unpaired) electrons. The zero-order chi connectivity index (χ0) is 20.7. The fourth-order valence-corrected chi connectivity index (χ4v) is 5.90. The van der Waals surface area contributed by atoms with Gasteiger partial charge in [-0.25, -0.2) is 0 Å². The number of aromatic amines is 1. The first-order valence-corrected chi connectivity index (χ1v) is 11.3. The SMILES string of the molecule is COc1ccc([C@H]2[C@@H]3CN(C(=O)CCc4n[nH]c5c4CCCC5)C[C@@H]3CN2C)cc1.Cl.Cl. The molecule has 1 aromatic heterocycles. The van der Waals surface area contributed by atoms with Gasteiger partial charge in [0.05, 0.1) is 12.8 Å². The third-order valence-corrected chi connectivity index (χ3v) is 7.42. The Hall–Kier alpha value is -1.76. The lowest BCUT2D eigenvalue weighted by Gasteiger charge is -2.27. The van der Waals surface area contributed by atoms with Crippen LogP contribution in [0, 0.1) is 11.8 Å². The third-order valence-electron chi connectivity index (χ3n) is 7.42. The summed E-state index contributed by atoms with van der Waals surface area (Å²) in [4.78, 5) is 17.6. The molecule has 5 rings (SSSR count). The summed E-state index contributed by atoms with van der Waals surface area (Å²) in [6, 6.07) is 8.80. The first-order chi connectivity index (χ1) is 14.6. The van der Waals surface area contributed by atoms with Gasteiger partial charge in [-0.15, -0.1) is 24.8 Å². The first kappa shape index (κ1) is 24.9. The lowest BCUT2D eigenvalue weighted by atomic mass is 9.89. The number of fused-ring (bicyclic) bond motifs is 2. The Bertz CT molecular complexity index is 917. The number of ether oxygens (including phenoxy) is 1. The van der Waals surface area contributed by atoms with Crippen LogP contribution in [-0.4, -0.2) is 59.7 Å². The molecule has 0 spiro atoms. The van der Waals surface area contributed by atoms with E-state index in [0.29, 0.717) is 24.3 Å². The van der Waals surface area contributed by atoms with Gasteiger partial charge >= 0.3 is 0 Å². The second-order valence-corrected chi connectivity index (χ2v) is 9.21. The van der Waals surface area contributed by atoms with Gasteiger partial charge in [-0.2, -0.15) is 5.10 Å². The van der Waals surface area contributed by atoms with Crippen LogP contribution in [0.25, 0.3) is 0 Å². The summed E-state index contributed by atoms with van der Waals surface area (Å²) in [6.07, 6.45) is 6.03. The van der Waals surface area contributed by atoms with Crippen LogP contribution in [0.5, 0.6) is 5.75 Å². The maximum atomic E-state index is 13.0. The number of benzene rings is 1. The van der Waals surface area contributed by atoms with E-state index >= 15 is 0 Å². The van der Waals surface area contributed by atoms with Crippen molar-refractivity contribution in [3.8, 4) is 5.75 Å². The summed E-state index contributed by atoms with van der Waals surface area (Å²) in [5, 5.41) is 7.72. The van der Waals surface area contributed by atoms with E-state index in [1.165, 1.54) is 29.7 Å². The topological polar surface area (TPSA) is 61.5 Å². The molecule has 2 aliphatic heterocycles. The van der Waals surface area contributed by atoms with Gasteiger partial charge in [0.1, 0.15) is 5.75 Å². The van der Waals surface area contributed by atoms with Crippen molar-refractivity contribution in [3.63, 3.8) is 0 Å². The van der Waals surface area contributed by atoms with Crippen LogP contribution < -0.4 is 4.74 Å². The van der Waals surface area contributed by atoms with E-state index < -0.39 is 0 Å². The highest BCUT2D eigenvalue weighted by atomic mass is 35.5. The number of hydrogen-bond acceptors (Lipinski definition) is 4. The number of rotatable bonds is 5. The molecule has 3 atom stereocenters. The molecular weight excluding hydrogens is 447 g/mol. The number of nitrogens with one attached hydrogen (secondary N) is 1. The van der Waals surface area contributed by atoms with Gasteiger partial charge in [-0.05, 0) is 61.9 Å². The minimum atomic E-state index is 0. The van der Waals surface area contributed by atoms with Crippen LogP contribution in [0.4, 0.5) is 0 Å². The molecule has 1 aromatic carbocycles. The summed E-state index contributed by atoms with van der Waals surface area (Å²) in [5.74, 6) is 2.24. The molecule has 3 heterocycles. The molecule has 176 valence electrons. The average molecular weight is 481 g/mol. The third kappa shape index (κ3) is 4.63. The monoisotopic (exact) mass is 480 g/mol. The molecule has 0 bridgehead atoms. The Balaban J connectivity index is 0.00000144. The number of aromatic nitrogens is 2. The fraction of sp³-hybridized carbons (Fsp3) is 0.583. The van der Waals surface area contributed by atoms with Crippen molar-refractivity contribution in [2.24, 2.45) is 11.8 Å². The summed E-state index contributed by atoms with van der Waals surface area (Å²) in [6.45, 7) is 2.81. The van der Waals surface area contributed by atoms with Crippen LogP contribution in [-0.2, 0) is 24.1 Å². The number of amides is 1. The zero-order valence-electron chi connectivity index (χ0n) is 18.9. The minimum Gasteiger partial charge on any atom is -0.497 e. The van der Waals surface area contributed by atoms with Gasteiger partial charge < -0.3 is 9.64 Å². The Kier molecular flexibility index (Phi) is 8.12. The maximum absolute atomic E-state index is 13.0. The molecule has 2 saturated heterocycles. The summed E-state index contributed by atoms with van der Waals surface area (Å²) in [5.41, 5.74) is 5.12. The van der Waals surface area contributed by atoms with Gasteiger partial charge in [0.2, 0.25) is 5.91 Å². The van der Waals surface area contributed by atoms with E-state index in [1.54, 1.807) is 7.11 Å². The Morgan fingerprint density at radius 2 is 1.88 bits per heavy atom.